The fraction of sp³-hybridized carbons (Fsp3) is 0.526. The Hall–Kier alpha value is -2.17. The highest BCUT2D eigenvalue weighted by Crippen LogP contribution is 2.53. The first kappa shape index (κ1) is 16.7. The predicted molar refractivity (Wildman–Crippen MR) is 89.2 cm³/mol. The highest BCUT2D eigenvalue weighted by atomic mass is 16.5. The SMILES string of the molecule is C=C1CC2C(=O)C(C(=O)O)(C1)c1ccc(OC)nc1C2CCCC. The third-order valence-electron chi connectivity index (χ3n) is 5.42. The van der Waals surface area contributed by atoms with Crippen LogP contribution in [0.5, 0.6) is 5.88 Å². The molecule has 3 rings (SSSR count). The Morgan fingerprint density at radius 1 is 1.50 bits per heavy atom. The maximum Gasteiger partial charge on any atom is 0.322 e. The fourth-order valence-electron chi connectivity index (χ4n) is 4.27. The molecule has 3 unspecified atom stereocenters. The lowest BCUT2D eigenvalue weighted by atomic mass is 9.55. The van der Waals surface area contributed by atoms with Crippen LogP contribution < -0.4 is 4.74 Å². The monoisotopic (exact) mass is 329 g/mol. The molecule has 0 radical (unpaired) electrons. The number of hydrogen-bond donors (Lipinski definition) is 1. The molecule has 0 aliphatic heterocycles. The lowest BCUT2D eigenvalue weighted by Crippen LogP contribution is -2.55. The molecule has 2 aliphatic rings. The van der Waals surface area contributed by atoms with Crippen LogP contribution >= 0.6 is 0 Å². The number of methoxy groups -OCH3 is 1. The van der Waals surface area contributed by atoms with Gasteiger partial charge in [0.15, 0.2) is 11.2 Å². The third kappa shape index (κ3) is 2.26. The molecular formula is C19H23NO4. The maximum absolute atomic E-state index is 13.1. The summed E-state index contributed by atoms with van der Waals surface area (Å²) in [4.78, 5) is 29.9. The summed E-state index contributed by atoms with van der Waals surface area (Å²) in [7, 11) is 1.54. The summed E-state index contributed by atoms with van der Waals surface area (Å²) in [6.07, 6.45) is 3.53. The van der Waals surface area contributed by atoms with Gasteiger partial charge < -0.3 is 9.84 Å². The predicted octanol–water partition coefficient (Wildman–Crippen LogP) is 3.24. The van der Waals surface area contributed by atoms with Gasteiger partial charge in [-0.2, -0.15) is 0 Å². The van der Waals surface area contributed by atoms with Gasteiger partial charge in [-0.3, -0.25) is 9.59 Å². The van der Waals surface area contributed by atoms with Crippen molar-refractivity contribution in [2.24, 2.45) is 5.92 Å². The molecule has 5 nitrogen and oxygen atoms in total. The minimum absolute atomic E-state index is 0.0629. The standard InChI is InChI=1S/C19H23NO4/c1-4-5-6-12-13-9-11(2)10-19(17(13)21,18(22)23)14-7-8-15(24-3)20-16(12)14/h7-8,12-13H,2,4-6,9-10H2,1,3H3,(H,22,23). The molecule has 0 saturated heterocycles. The first-order valence-electron chi connectivity index (χ1n) is 8.45. The molecule has 0 aromatic carbocycles. The summed E-state index contributed by atoms with van der Waals surface area (Å²) < 4.78 is 5.24. The van der Waals surface area contributed by atoms with Crippen LogP contribution in [-0.4, -0.2) is 29.0 Å². The highest BCUT2D eigenvalue weighted by molar-refractivity contribution is 6.12. The van der Waals surface area contributed by atoms with Crippen LogP contribution in [-0.2, 0) is 15.0 Å². The van der Waals surface area contributed by atoms with Crippen molar-refractivity contribution in [3.8, 4) is 5.88 Å². The second-order valence-electron chi connectivity index (χ2n) is 6.85. The molecule has 0 spiro atoms. The van der Waals surface area contributed by atoms with Crippen LogP contribution in [0.15, 0.2) is 24.3 Å². The molecule has 128 valence electrons. The van der Waals surface area contributed by atoms with Gasteiger partial charge in [-0.1, -0.05) is 38.0 Å². The normalized spacial score (nSPS) is 28.4. The van der Waals surface area contributed by atoms with E-state index in [-0.39, 0.29) is 24.0 Å². The zero-order valence-electron chi connectivity index (χ0n) is 14.2. The van der Waals surface area contributed by atoms with Crippen LogP contribution in [0.3, 0.4) is 0 Å². The van der Waals surface area contributed by atoms with Crippen molar-refractivity contribution in [1.29, 1.82) is 0 Å². The van der Waals surface area contributed by atoms with Crippen molar-refractivity contribution in [3.63, 3.8) is 0 Å². The minimum atomic E-state index is -1.53. The van der Waals surface area contributed by atoms with Gasteiger partial charge in [0.25, 0.3) is 0 Å². The molecule has 1 heterocycles. The number of carbonyl (C=O) groups is 2. The van der Waals surface area contributed by atoms with E-state index in [1.807, 2.05) is 0 Å². The number of pyridine rings is 1. The van der Waals surface area contributed by atoms with E-state index in [4.69, 9.17) is 4.74 Å². The number of nitrogens with zero attached hydrogens (tertiary/aromatic N) is 1. The molecule has 1 fully saturated rings. The van der Waals surface area contributed by atoms with E-state index in [9.17, 15) is 14.7 Å². The van der Waals surface area contributed by atoms with E-state index in [0.717, 1.165) is 30.5 Å². The Morgan fingerprint density at radius 2 is 2.25 bits per heavy atom. The quantitative estimate of drug-likeness (QED) is 0.663. The Kier molecular flexibility index (Phi) is 4.20. The number of fused-ring (bicyclic) bond motifs is 4. The Bertz CT molecular complexity index is 711. The number of aromatic nitrogens is 1. The number of aliphatic carboxylic acids is 1. The van der Waals surface area contributed by atoms with Crippen LogP contribution in [0.2, 0.25) is 0 Å². The van der Waals surface area contributed by atoms with Crippen LogP contribution in [0.25, 0.3) is 0 Å². The molecule has 3 atom stereocenters. The van der Waals surface area contributed by atoms with Gasteiger partial charge in [0.2, 0.25) is 5.88 Å². The Morgan fingerprint density at radius 3 is 2.88 bits per heavy atom. The number of ketones is 1. The van der Waals surface area contributed by atoms with Gasteiger partial charge in [-0.15, -0.1) is 0 Å². The highest BCUT2D eigenvalue weighted by Gasteiger charge is 2.59. The van der Waals surface area contributed by atoms with E-state index in [1.165, 1.54) is 0 Å². The number of rotatable bonds is 5. The summed E-state index contributed by atoms with van der Waals surface area (Å²) >= 11 is 0. The van der Waals surface area contributed by atoms with Crippen molar-refractivity contribution >= 4 is 11.8 Å². The number of Topliss-reactive ketones (excluding diaryl/α,β-unsaturated/α-hetero) is 1. The number of carboxylic acids is 1. The molecule has 1 saturated carbocycles. The molecule has 2 bridgehead atoms. The summed E-state index contributed by atoms with van der Waals surface area (Å²) in [6, 6.07) is 3.35. The molecule has 1 aromatic heterocycles. The van der Waals surface area contributed by atoms with E-state index >= 15 is 0 Å². The Balaban J connectivity index is 2.24. The molecule has 24 heavy (non-hydrogen) atoms. The molecule has 2 aliphatic carbocycles. The summed E-state index contributed by atoms with van der Waals surface area (Å²) in [5.74, 6) is -1.22. The van der Waals surface area contributed by atoms with Crippen molar-refractivity contribution in [1.82, 2.24) is 4.98 Å². The van der Waals surface area contributed by atoms with E-state index in [1.54, 1.807) is 19.2 Å². The van der Waals surface area contributed by atoms with Gasteiger partial charge in [-0.05, 0) is 24.8 Å². The summed E-state index contributed by atoms with van der Waals surface area (Å²) in [5.41, 5.74) is 0.559. The smallest absolute Gasteiger partial charge is 0.322 e. The van der Waals surface area contributed by atoms with E-state index in [2.05, 4.69) is 18.5 Å². The maximum atomic E-state index is 13.1. The van der Waals surface area contributed by atoms with Gasteiger partial charge in [0.05, 0.1) is 12.8 Å². The largest absolute Gasteiger partial charge is 0.481 e. The van der Waals surface area contributed by atoms with Crippen LogP contribution in [0.1, 0.15) is 56.2 Å². The average molecular weight is 329 g/mol. The molecule has 5 heteroatoms. The number of carboxylic acid groups (broad SMARTS) is 1. The second kappa shape index (κ2) is 6.04. The molecular weight excluding hydrogens is 306 g/mol. The summed E-state index contributed by atoms with van der Waals surface area (Å²) in [6.45, 7) is 6.12. The van der Waals surface area contributed by atoms with E-state index in [0.29, 0.717) is 17.9 Å². The van der Waals surface area contributed by atoms with Crippen molar-refractivity contribution < 1.29 is 19.4 Å². The van der Waals surface area contributed by atoms with Crippen LogP contribution in [0.4, 0.5) is 0 Å². The van der Waals surface area contributed by atoms with Crippen molar-refractivity contribution in [2.45, 2.75) is 50.4 Å². The van der Waals surface area contributed by atoms with Gasteiger partial charge in [0, 0.05) is 17.9 Å². The lowest BCUT2D eigenvalue weighted by Gasteiger charge is -2.46. The second-order valence-corrected chi connectivity index (χ2v) is 6.85. The zero-order valence-corrected chi connectivity index (χ0v) is 14.2. The average Bonchev–Trinajstić information content (AvgIpc) is 2.56. The minimum Gasteiger partial charge on any atom is -0.481 e. The molecule has 1 aromatic rings. The number of ether oxygens (including phenoxy) is 1. The van der Waals surface area contributed by atoms with Gasteiger partial charge in [-0.25, -0.2) is 4.98 Å². The first-order valence-corrected chi connectivity index (χ1v) is 8.45. The third-order valence-corrected chi connectivity index (χ3v) is 5.42. The number of carbonyl (C=O) groups excluding carboxylic acids is 1. The number of hydrogen-bond acceptors (Lipinski definition) is 4. The van der Waals surface area contributed by atoms with Gasteiger partial charge >= 0.3 is 5.97 Å². The van der Waals surface area contributed by atoms with E-state index < -0.39 is 11.4 Å². The van der Waals surface area contributed by atoms with Gasteiger partial charge in [0.1, 0.15) is 0 Å². The summed E-state index contributed by atoms with van der Waals surface area (Å²) in [5, 5.41) is 9.94. The van der Waals surface area contributed by atoms with Crippen molar-refractivity contribution in [2.75, 3.05) is 7.11 Å². The molecule has 1 N–H and O–H groups in total. The lowest BCUT2D eigenvalue weighted by molar-refractivity contribution is -0.152. The van der Waals surface area contributed by atoms with Crippen molar-refractivity contribution in [3.05, 3.63) is 35.5 Å². The van der Waals surface area contributed by atoms with Crippen LogP contribution in [0, 0.1) is 5.92 Å². The number of allylic oxidation sites excluding steroid dienone is 1. The molecule has 0 amide bonds. The fourth-order valence-corrected chi connectivity index (χ4v) is 4.27. The first-order chi connectivity index (χ1) is 11.5. The Labute approximate surface area is 141 Å². The zero-order chi connectivity index (χ0) is 17.5. The topological polar surface area (TPSA) is 76.5 Å². The number of unbranched alkanes of at least 4 members (excludes halogenated alkanes) is 1.